The topological polar surface area (TPSA) is 41.1 Å². The Kier molecular flexibility index (Phi) is 8.25. The maximum Gasteiger partial charge on any atom is 0.221 e. The molecule has 3 unspecified atom stereocenters. The van der Waals surface area contributed by atoms with Crippen LogP contribution in [-0.4, -0.2) is 29.3 Å². The first-order valence-electron chi connectivity index (χ1n) is 8.79. The molecule has 2 N–H and O–H groups in total. The van der Waals surface area contributed by atoms with Gasteiger partial charge < -0.3 is 10.6 Å². The molecule has 0 radical (unpaired) electrons. The molecule has 1 heterocycles. The summed E-state index contributed by atoms with van der Waals surface area (Å²) in [5.41, 5.74) is 0. The SMILES string of the molecule is CCC/C=C/CCCCC1NC=C[N+]1(CC)C(C)NC(C)=O. The van der Waals surface area contributed by atoms with Crippen LogP contribution in [0.3, 0.4) is 0 Å². The van der Waals surface area contributed by atoms with Gasteiger partial charge in [0.1, 0.15) is 6.20 Å². The number of amides is 1. The van der Waals surface area contributed by atoms with Gasteiger partial charge in [0.2, 0.25) is 5.91 Å². The van der Waals surface area contributed by atoms with E-state index < -0.39 is 0 Å². The Labute approximate surface area is 136 Å². The van der Waals surface area contributed by atoms with Crippen molar-refractivity contribution in [3.63, 3.8) is 0 Å². The Morgan fingerprint density at radius 2 is 2.05 bits per heavy atom. The molecule has 0 aromatic carbocycles. The highest BCUT2D eigenvalue weighted by molar-refractivity contribution is 5.72. The highest BCUT2D eigenvalue weighted by Crippen LogP contribution is 2.25. The van der Waals surface area contributed by atoms with E-state index in [0.29, 0.717) is 6.17 Å². The molecule has 3 atom stereocenters. The summed E-state index contributed by atoms with van der Waals surface area (Å²) in [4.78, 5) is 11.4. The largest absolute Gasteiger partial charge is 0.338 e. The minimum absolute atomic E-state index is 0.0403. The second-order valence-corrected chi connectivity index (χ2v) is 6.23. The minimum Gasteiger partial charge on any atom is -0.338 e. The van der Waals surface area contributed by atoms with Crippen LogP contribution in [0.5, 0.6) is 0 Å². The number of carbonyl (C=O) groups is 1. The van der Waals surface area contributed by atoms with Gasteiger partial charge in [-0.15, -0.1) is 0 Å². The maximum absolute atomic E-state index is 11.4. The zero-order valence-electron chi connectivity index (χ0n) is 14.8. The zero-order valence-corrected chi connectivity index (χ0v) is 14.8. The van der Waals surface area contributed by atoms with Crippen molar-refractivity contribution in [3.8, 4) is 0 Å². The monoisotopic (exact) mass is 308 g/mol. The van der Waals surface area contributed by atoms with E-state index in [9.17, 15) is 4.79 Å². The number of hydrogen-bond donors (Lipinski definition) is 2. The van der Waals surface area contributed by atoms with E-state index >= 15 is 0 Å². The van der Waals surface area contributed by atoms with Crippen molar-refractivity contribution in [1.29, 1.82) is 0 Å². The number of unbranched alkanes of at least 4 members (excludes halogenated alkanes) is 3. The lowest BCUT2D eigenvalue weighted by atomic mass is 10.1. The van der Waals surface area contributed by atoms with Crippen LogP contribution in [0, 0.1) is 0 Å². The van der Waals surface area contributed by atoms with Crippen molar-refractivity contribution in [1.82, 2.24) is 10.6 Å². The van der Waals surface area contributed by atoms with Crippen molar-refractivity contribution in [3.05, 3.63) is 24.6 Å². The average Bonchev–Trinajstić information content (AvgIpc) is 2.90. The van der Waals surface area contributed by atoms with E-state index in [0.717, 1.165) is 17.4 Å². The summed E-state index contributed by atoms with van der Waals surface area (Å²) in [6.07, 6.45) is 16.5. The Morgan fingerprint density at radius 1 is 1.32 bits per heavy atom. The Bertz CT molecular complexity index is 392. The lowest BCUT2D eigenvalue weighted by Crippen LogP contribution is -2.62. The second kappa shape index (κ2) is 9.67. The van der Waals surface area contributed by atoms with Crippen molar-refractivity contribution >= 4 is 5.91 Å². The van der Waals surface area contributed by atoms with E-state index in [4.69, 9.17) is 0 Å². The molecule has 1 aliphatic heterocycles. The molecule has 0 fully saturated rings. The summed E-state index contributed by atoms with van der Waals surface area (Å²) in [6.45, 7) is 9.07. The van der Waals surface area contributed by atoms with Crippen molar-refractivity contribution in [2.75, 3.05) is 6.54 Å². The molecular formula is C18H34N3O+. The van der Waals surface area contributed by atoms with Gasteiger partial charge in [-0.05, 0) is 32.6 Å². The van der Waals surface area contributed by atoms with Gasteiger partial charge in [0, 0.05) is 20.3 Å². The third kappa shape index (κ3) is 5.16. The first-order chi connectivity index (χ1) is 10.6. The van der Waals surface area contributed by atoms with Gasteiger partial charge in [-0.2, -0.15) is 0 Å². The Balaban J connectivity index is 2.46. The molecule has 22 heavy (non-hydrogen) atoms. The van der Waals surface area contributed by atoms with Crippen LogP contribution >= 0.6 is 0 Å². The van der Waals surface area contributed by atoms with Crippen molar-refractivity contribution in [2.45, 2.75) is 78.6 Å². The second-order valence-electron chi connectivity index (χ2n) is 6.23. The van der Waals surface area contributed by atoms with Crippen LogP contribution in [0.15, 0.2) is 24.6 Å². The number of nitrogens with one attached hydrogen (secondary N) is 2. The molecule has 0 saturated carbocycles. The van der Waals surface area contributed by atoms with Gasteiger partial charge in [0.25, 0.3) is 0 Å². The van der Waals surface area contributed by atoms with E-state index in [2.05, 4.69) is 49.8 Å². The summed E-state index contributed by atoms with van der Waals surface area (Å²) in [5.74, 6) is 0.0403. The van der Waals surface area contributed by atoms with Crippen molar-refractivity contribution < 1.29 is 9.28 Å². The molecule has 0 bridgehead atoms. The Hall–Kier alpha value is -1.29. The van der Waals surface area contributed by atoms with Crippen LogP contribution in [0.25, 0.3) is 0 Å². The van der Waals surface area contributed by atoms with Gasteiger partial charge in [-0.25, -0.2) is 0 Å². The molecule has 0 aliphatic carbocycles. The first-order valence-corrected chi connectivity index (χ1v) is 8.79. The summed E-state index contributed by atoms with van der Waals surface area (Å²) < 4.78 is 0.797. The van der Waals surface area contributed by atoms with Gasteiger partial charge in [-0.3, -0.25) is 9.28 Å². The third-order valence-corrected chi connectivity index (χ3v) is 4.62. The van der Waals surface area contributed by atoms with Crippen LogP contribution in [0.4, 0.5) is 0 Å². The number of hydrogen-bond acceptors (Lipinski definition) is 2. The predicted octanol–water partition coefficient (Wildman–Crippen LogP) is 3.62. The number of allylic oxidation sites excluding steroid dienone is 2. The Morgan fingerprint density at radius 3 is 2.68 bits per heavy atom. The molecule has 4 heteroatoms. The quantitative estimate of drug-likeness (QED) is 0.368. The van der Waals surface area contributed by atoms with Gasteiger partial charge >= 0.3 is 0 Å². The average molecular weight is 308 g/mol. The number of nitrogens with zero attached hydrogens (tertiary/aromatic N) is 1. The van der Waals surface area contributed by atoms with E-state index in [-0.39, 0.29) is 12.1 Å². The van der Waals surface area contributed by atoms with Crippen LogP contribution in [0.1, 0.15) is 66.2 Å². The highest BCUT2D eigenvalue weighted by atomic mass is 16.1. The normalized spacial score (nSPS) is 25.4. The first kappa shape index (κ1) is 18.8. The molecule has 126 valence electrons. The zero-order chi connectivity index (χ0) is 16.4. The van der Waals surface area contributed by atoms with Crippen LogP contribution in [-0.2, 0) is 4.79 Å². The number of carbonyl (C=O) groups excluding carboxylic acids is 1. The van der Waals surface area contributed by atoms with Gasteiger partial charge in [-0.1, -0.05) is 25.5 Å². The van der Waals surface area contributed by atoms with E-state index in [1.54, 1.807) is 6.92 Å². The molecule has 0 aromatic heterocycles. The lowest BCUT2D eigenvalue weighted by molar-refractivity contribution is -0.923. The molecule has 4 nitrogen and oxygen atoms in total. The molecule has 0 spiro atoms. The molecule has 1 aliphatic rings. The minimum atomic E-state index is 0.0403. The van der Waals surface area contributed by atoms with Crippen molar-refractivity contribution in [2.24, 2.45) is 0 Å². The third-order valence-electron chi connectivity index (χ3n) is 4.62. The molecule has 1 amide bonds. The molecule has 0 aromatic rings. The van der Waals surface area contributed by atoms with E-state index in [1.165, 1.54) is 32.1 Å². The summed E-state index contributed by atoms with van der Waals surface area (Å²) in [5, 5.41) is 6.55. The smallest absolute Gasteiger partial charge is 0.221 e. The summed E-state index contributed by atoms with van der Waals surface area (Å²) in [7, 11) is 0. The fraction of sp³-hybridized carbons (Fsp3) is 0.722. The highest BCUT2D eigenvalue weighted by Gasteiger charge is 2.41. The number of quaternary nitrogens is 1. The molecular weight excluding hydrogens is 274 g/mol. The van der Waals surface area contributed by atoms with Crippen LogP contribution in [0.2, 0.25) is 0 Å². The van der Waals surface area contributed by atoms with Gasteiger partial charge in [0.05, 0.1) is 12.7 Å². The van der Waals surface area contributed by atoms with E-state index in [1.807, 2.05) is 6.20 Å². The lowest BCUT2D eigenvalue weighted by Gasteiger charge is -2.41. The number of rotatable bonds is 10. The van der Waals surface area contributed by atoms with Gasteiger partial charge in [0.15, 0.2) is 12.3 Å². The summed E-state index contributed by atoms with van der Waals surface area (Å²) >= 11 is 0. The molecule has 1 rings (SSSR count). The fourth-order valence-electron chi connectivity index (χ4n) is 3.27. The standard InChI is InChI=1S/C18H33N3O/c1-5-7-8-9-10-11-12-13-18-19-14-15-21(18,6-2)16(3)20-17(4)22/h8-9,14-16,18-19H,5-7,10-13H2,1-4H3/p+1/b9-8+. The maximum atomic E-state index is 11.4. The fourth-order valence-corrected chi connectivity index (χ4v) is 3.27. The molecule has 0 saturated heterocycles. The van der Waals surface area contributed by atoms with Crippen LogP contribution < -0.4 is 10.6 Å². The summed E-state index contributed by atoms with van der Waals surface area (Å²) in [6, 6.07) is 0. The predicted molar refractivity (Wildman–Crippen MR) is 92.7 cm³/mol.